The number of hydrogen-bond acceptors (Lipinski definition) is 7. The third kappa shape index (κ3) is 8.17. The summed E-state index contributed by atoms with van der Waals surface area (Å²) in [5.74, 6) is -0.694. The van der Waals surface area contributed by atoms with Crippen molar-refractivity contribution in [1.29, 1.82) is 0 Å². The van der Waals surface area contributed by atoms with Crippen molar-refractivity contribution in [2.24, 2.45) is 0 Å². The molecule has 0 fully saturated rings. The average molecular weight is 551 g/mol. The van der Waals surface area contributed by atoms with Crippen molar-refractivity contribution in [3.05, 3.63) is 35.1 Å². The van der Waals surface area contributed by atoms with Crippen LogP contribution in [0.3, 0.4) is 0 Å². The number of nitrogens with two attached hydrogens (primary N) is 2. The molecule has 178 valence electrons. The quantitative estimate of drug-likeness (QED) is 0.188. The fourth-order valence-electron chi connectivity index (χ4n) is 2.95. The van der Waals surface area contributed by atoms with Crippen LogP contribution in [0.1, 0.15) is 23.8 Å². The zero-order valence-electron chi connectivity index (χ0n) is 18.4. The third-order valence-electron chi connectivity index (χ3n) is 4.79. The van der Waals surface area contributed by atoms with E-state index < -0.39 is 15.9 Å². The van der Waals surface area contributed by atoms with E-state index in [1.54, 1.807) is 0 Å². The fourth-order valence-corrected chi connectivity index (χ4v) is 4.02. The van der Waals surface area contributed by atoms with Crippen molar-refractivity contribution in [1.82, 2.24) is 20.0 Å². The number of likely N-dealkylation sites (N-methyl/N-ethyl adjacent to an activating group) is 1. The predicted molar refractivity (Wildman–Crippen MR) is 123 cm³/mol. The van der Waals surface area contributed by atoms with Crippen LogP contribution in [0, 0.1) is 0 Å². The highest BCUT2D eigenvalue weighted by molar-refractivity contribution is 7.88. The van der Waals surface area contributed by atoms with E-state index in [1.807, 2.05) is 21.0 Å². The number of nitrogen functional groups attached to an aromatic ring is 2. The number of fused-ring (bicyclic) bond motifs is 1. The fraction of sp³-hybridized carbons (Fsp3) is 0.421. The maximum absolute atomic E-state index is 12.2. The van der Waals surface area contributed by atoms with Crippen molar-refractivity contribution in [2.45, 2.75) is 19.5 Å². The molecule has 32 heavy (non-hydrogen) atoms. The highest BCUT2D eigenvalue weighted by Crippen LogP contribution is 2.32. The molecule has 0 spiro atoms. The van der Waals surface area contributed by atoms with E-state index in [0.29, 0.717) is 17.4 Å². The number of carbonyl (C=O) groups excluding carboxylic acids is 1. The Morgan fingerprint density at radius 3 is 2.22 bits per heavy atom. The molecule has 0 saturated heterocycles. The first-order chi connectivity index (χ1) is 14.3. The van der Waals surface area contributed by atoms with Gasteiger partial charge in [0.1, 0.15) is 0 Å². The Balaban J connectivity index is 0.000000615. The van der Waals surface area contributed by atoms with Gasteiger partial charge in [0.15, 0.2) is 28.6 Å². The molecule has 6 N–H and O–H groups in total. The van der Waals surface area contributed by atoms with Gasteiger partial charge in [-0.2, -0.15) is 4.72 Å². The first kappa shape index (κ1) is 28.0. The monoisotopic (exact) mass is 549 g/mol. The summed E-state index contributed by atoms with van der Waals surface area (Å²) in [6.07, 6.45) is 1.40. The number of sulfonamides is 1. The van der Waals surface area contributed by atoms with Gasteiger partial charge >= 0.3 is 0 Å². The molecule has 2 aliphatic rings. The molecule has 1 atom stereocenters. The van der Waals surface area contributed by atoms with Crippen LogP contribution in [-0.2, 0) is 10.0 Å². The van der Waals surface area contributed by atoms with Gasteiger partial charge in [-0.3, -0.25) is 4.79 Å². The Kier molecular flexibility index (Phi) is 9.85. The van der Waals surface area contributed by atoms with Gasteiger partial charge < -0.3 is 38.2 Å². The van der Waals surface area contributed by atoms with Gasteiger partial charge in [0.2, 0.25) is 10.0 Å². The Morgan fingerprint density at radius 1 is 1.19 bits per heavy atom. The van der Waals surface area contributed by atoms with Crippen LogP contribution in [-0.4, -0.2) is 68.4 Å². The minimum atomic E-state index is -3.33. The number of halogens is 2. The lowest BCUT2D eigenvalue weighted by Gasteiger charge is -2.37. The first-order valence-corrected chi connectivity index (χ1v) is 11.9. The van der Waals surface area contributed by atoms with E-state index in [2.05, 4.69) is 44.3 Å². The maximum Gasteiger partial charge on any atom is 0.273 e. The molecule has 10 nitrogen and oxygen atoms in total. The number of carbonyl (C=O) groups is 1. The van der Waals surface area contributed by atoms with E-state index in [0.717, 1.165) is 6.26 Å². The van der Waals surface area contributed by atoms with Crippen molar-refractivity contribution in [3.63, 3.8) is 0 Å². The number of aromatic nitrogens is 2. The van der Waals surface area contributed by atoms with Crippen LogP contribution >= 0.6 is 11.6 Å². The summed E-state index contributed by atoms with van der Waals surface area (Å²) in [7, 11) is 0.404. The van der Waals surface area contributed by atoms with E-state index >= 15 is 0 Å². The minimum absolute atomic E-state index is 0. The highest BCUT2D eigenvalue weighted by Gasteiger charge is 2.29. The lowest BCUT2D eigenvalue weighted by molar-refractivity contribution is -0.915. The summed E-state index contributed by atoms with van der Waals surface area (Å²) in [5, 5.41) is 2.57. The van der Waals surface area contributed by atoms with Gasteiger partial charge in [0.05, 0.1) is 33.4 Å². The number of nitrogens with zero attached hydrogens (tertiary/aromatic N) is 3. The molecule has 0 bridgehead atoms. The molecule has 0 saturated carbocycles. The molecule has 0 aliphatic heterocycles. The zero-order valence-corrected chi connectivity index (χ0v) is 21.6. The predicted octanol–water partition coefficient (Wildman–Crippen LogP) is -1.94. The molecule has 13 heteroatoms. The Hall–Kier alpha value is -1.99. The number of rotatable bonds is 8. The van der Waals surface area contributed by atoms with Gasteiger partial charge in [-0.15, -0.1) is 0 Å². The standard InChI is InChI=1S/C13H24ClN7O3S.C6H4.BrH/c1-5-8(20-25(4,23)24)21(2,3)7-6-17-13(22)9-11(15)19-12(16)10(14)18-9;1-2-5-4-6(5)3-1;/h8,20H,5-7H2,1-4H3,(H4-,15,16,17,19,22);1-4H;1H. The topological polar surface area (TPSA) is 153 Å². The summed E-state index contributed by atoms with van der Waals surface area (Å²) in [6, 6.07) is 8.48. The summed E-state index contributed by atoms with van der Waals surface area (Å²) in [4.78, 5) is 19.8. The lowest BCUT2D eigenvalue weighted by atomic mass is 10.3. The van der Waals surface area contributed by atoms with E-state index in [1.165, 1.54) is 11.1 Å². The molecule has 1 unspecified atom stereocenters. The summed E-state index contributed by atoms with van der Waals surface area (Å²) < 4.78 is 25.9. The lowest BCUT2D eigenvalue weighted by Crippen LogP contribution is -3.00. The van der Waals surface area contributed by atoms with Crippen molar-refractivity contribution in [2.75, 3.05) is 44.9 Å². The number of quaternary nitrogens is 1. The number of hydrogen-bond donors (Lipinski definition) is 4. The minimum Gasteiger partial charge on any atom is -1.00 e. The Bertz CT molecular complexity index is 1050. The molecule has 3 rings (SSSR count). The molecule has 1 heterocycles. The second-order valence-electron chi connectivity index (χ2n) is 7.79. The van der Waals surface area contributed by atoms with E-state index in [4.69, 9.17) is 23.1 Å². The van der Waals surface area contributed by atoms with Gasteiger partial charge in [0.25, 0.3) is 5.91 Å². The van der Waals surface area contributed by atoms with Crippen LogP contribution in [0.4, 0.5) is 11.6 Å². The van der Waals surface area contributed by atoms with Crippen LogP contribution < -0.4 is 38.5 Å². The summed E-state index contributed by atoms with van der Waals surface area (Å²) in [6.45, 7) is 2.63. The van der Waals surface area contributed by atoms with Crippen molar-refractivity contribution < 1.29 is 34.7 Å². The second kappa shape index (κ2) is 11.2. The smallest absolute Gasteiger partial charge is 0.273 e. The molecular formula is C19H29BrClN7O3S. The van der Waals surface area contributed by atoms with Gasteiger partial charge in [-0.25, -0.2) is 18.4 Å². The first-order valence-electron chi connectivity index (χ1n) is 9.61. The van der Waals surface area contributed by atoms with Crippen LogP contribution in [0.15, 0.2) is 24.3 Å². The van der Waals surface area contributed by atoms with Crippen LogP contribution in [0.5, 0.6) is 0 Å². The van der Waals surface area contributed by atoms with Gasteiger partial charge in [-0.1, -0.05) is 36.7 Å². The average Bonchev–Trinajstić information content (AvgIpc) is 3.27. The number of anilines is 2. The van der Waals surface area contributed by atoms with Gasteiger partial charge in [0, 0.05) is 6.42 Å². The van der Waals surface area contributed by atoms with Crippen LogP contribution in [0.2, 0.25) is 5.15 Å². The Morgan fingerprint density at radius 2 is 1.78 bits per heavy atom. The van der Waals surface area contributed by atoms with E-state index in [-0.39, 0.29) is 52.2 Å². The van der Waals surface area contributed by atoms with E-state index in [9.17, 15) is 13.2 Å². The zero-order chi connectivity index (χ0) is 23.4. The van der Waals surface area contributed by atoms with Gasteiger partial charge in [-0.05, 0) is 17.2 Å². The number of benzene rings is 1. The molecule has 1 aromatic heterocycles. The number of nitrogens with one attached hydrogen (secondary N) is 2. The van der Waals surface area contributed by atoms with Crippen molar-refractivity contribution in [3.8, 4) is 11.1 Å². The molecule has 0 radical (unpaired) electrons. The summed E-state index contributed by atoms with van der Waals surface area (Å²) in [5.41, 5.74) is 13.9. The molecular weight excluding hydrogens is 522 g/mol. The molecule has 2 aliphatic carbocycles. The summed E-state index contributed by atoms with van der Waals surface area (Å²) >= 11 is 5.76. The molecule has 1 aromatic rings. The number of amides is 1. The largest absolute Gasteiger partial charge is 1.00 e. The highest BCUT2D eigenvalue weighted by atomic mass is 79.9. The molecule has 1 amide bonds. The van der Waals surface area contributed by atoms with Crippen molar-refractivity contribution >= 4 is 39.2 Å². The maximum atomic E-state index is 12.2. The SMILES string of the molecule is CCC(NS(C)(=O)=O)[N+](C)(C)CCNC(=O)c1nc(Cl)c(N)nc1N.[Br-].c1cc2cc-2c1. The normalized spacial score (nSPS) is 12.7. The van der Waals surface area contributed by atoms with Crippen LogP contribution in [0.25, 0.3) is 11.1 Å². The Labute approximate surface area is 204 Å². The second-order valence-corrected chi connectivity index (χ2v) is 9.92. The molecule has 0 aromatic carbocycles. The third-order valence-corrected chi connectivity index (χ3v) is 5.77.